The highest BCUT2D eigenvalue weighted by Crippen LogP contribution is 2.28. The van der Waals surface area contributed by atoms with Crippen LogP contribution in [0.3, 0.4) is 0 Å². The van der Waals surface area contributed by atoms with Crippen molar-refractivity contribution in [1.29, 1.82) is 0 Å². The Morgan fingerprint density at radius 1 is 1.16 bits per heavy atom. The first kappa shape index (κ1) is 28.9. The van der Waals surface area contributed by atoms with E-state index in [2.05, 4.69) is 5.32 Å². The van der Waals surface area contributed by atoms with Gasteiger partial charge in [-0.3, -0.25) is 14.4 Å². The van der Waals surface area contributed by atoms with Gasteiger partial charge < -0.3 is 34.2 Å². The summed E-state index contributed by atoms with van der Waals surface area (Å²) in [4.78, 5) is 44.6. The summed E-state index contributed by atoms with van der Waals surface area (Å²) in [5.74, 6) is 0.0332. The third-order valence-electron chi connectivity index (χ3n) is 7.04. The fourth-order valence-corrected chi connectivity index (χ4v) is 4.82. The number of amides is 3. The third-order valence-corrected chi connectivity index (χ3v) is 7.04. The maximum atomic E-state index is 13.6. The minimum absolute atomic E-state index is 0.000303. The lowest BCUT2D eigenvalue weighted by atomic mass is 9.95. The molecule has 2 heterocycles. The van der Waals surface area contributed by atoms with Crippen LogP contribution in [0.15, 0.2) is 18.2 Å². The fraction of sp³-hybridized carbons (Fsp3) is 0.667. The molecule has 2 aliphatic rings. The average molecular weight is 519 g/mol. The summed E-state index contributed by atoms with van der Waals surface area (Å²) in [7, 11) is 7.01. The van der Waals surface area contributed by atoms with Gasteiger partial charge in [0.1, 0.15) is 12.4 Å². The summed E-state index contributed by atoms with van der Waals surface area (Å²) < 4.78 is 17.4. The molecule has 3 rings (SSSR count). The lowest BCUT2D eigenvalue weighted by Crippen LogP contribution is -2.50. The number of likely N-dealkylation sites (N-methyl/N-ethyl adjacent to an activating group) is 2. The van der Waals surface area contributed by atoms with Gasteiger partial charge in [0, 0.05) is 64.1 Å². The minimum atomic E-state index is -0.250. The van der Waals surface area contributed by atoms with E-state index in [1.165, 1.54) is 0 Å². The molecule has 0 bridgehead atoms. The number of ether oxygens (including phenoxy) is 3. The smallest absolute Gasteiger partial charge is 0.257 e. The maximum Gasteiger partial charge on any atom is 0.257 e. The van der Waals surface area contributed by atoms with Gasteiger partial charge in [-0.15, -0.1) is 0 Å². The second-order valence-electron chi connectivity index (χ2n) is 10.5. The van der Waals surface area contributed by atoms with Crippen molar-refractivity contribution in [3.63, 3.8) is 0 Å². The monoisotopic (exact) mass is 518 g/mol. The van der Waals surface area contributed by atoms with E-state index in [1.807, 2.05) is 32.8 Å². The lowest BCUT2D eigenvalue weighted by Gasteiger charge is -2.38. The van der Waals surface area contributed by atoms with Crippen LogP contribution in [0.5, 0.6) is 5.75 Å². The van der Waals surface area contributed by atoms with Crippen LogP contribution in [0.4, 0.5) is 5.69 Å². The molecule has 10 heteroatoms. The molecule has 1 aromatic rings. The topological polar surface area (TPSA) is 101 Å². The molecule has 1 N–H and O–H groups in total. The molecule has 1 fully saturated rings. The van der Waals surface area contributed by atoms with Crippen LogP contribution in [0.25, 0.3) is 0 Å². The van der Waals surface area contributed by atoms with Crippen molar-refractivity contribution in [2.24, 2.45) is 11.8 Å². The van der Waals surface area contributed by atoms with Gasteiger partial charge in [0.2, 0.25) is 11.8 Å². The van der Waals surface area contributed by atoms with Gasteiger partial charge in [0.25, 0.3) is 5.91 Å². The van der Waals surface area contributed by atoms with Crippen LogP contribution in [-0.2, 0) is 19.1 Å². The molecule has 0 aromatic heterocycles. The lowest BCUT2D eigenvalue weighted by molar-refractivity contribution is -0.143. The molecule has 0 aliphatic carbocycles. The third kappa shape index (κ3) is 7.66. The van der Waals surface area contributed by atoms with Crippen LogP contribution < -0.4 is 10.1 Å². The molecule has 0 unspecified atom stereocenters. The molecule has 10 nitrogen and oxygen atoms in total. The van der Waals surface area contributed by atoms with Crippen molar-refractivity contribution >= 4 is 23.4 Å². The highest BCUT2D eigenvalue weighted by molar-refractivity contribution is 5.98. The molecule has 2 aliphatic heterocycles. The standard InChI is InChI=1S/C27H42N4O6/c1-18-14-31(26(33)20-9-11-36-12-10-20)19(2)17-37-23-13-21(28-25(32)16-29(3)4)7-8-22(23)27(34)30(5)15-24(18)35-6/h7-8,13,18-20,24H,9-12,14-17H2,1-6H3,(H,28,32)/t18-,19-,24-/m1/s1. The Morgan fingerprint density at radius 3 is 2.51 bits per heavy atom. The van der Waals surface area contributed by atoms with Gasteiger partial charge in [-0.2, -0.15) is 0 Å². The Kier molecular flexibility index (Phi) is 10.3. The zero-order chi connectivity index (χ0) is 27.1. The highest BCUT2D eigenvalue weighted by Gasteiger charge is 2.33. The molecular weight excluding hydrogens is 476 g/mol. The van der Waals surface area contributed by atoms with Gasteiger partial charge in [0.05, 0.1) is 24.3 Å². The second-order valence-corrected chi connectivity index (χ2v) is 10.5. The molecule has 0 radical (unpaired) electrons. The first-order valence-electron chi connectivity index (χ1n) is 13.0. The maximum absolute atomic E-state index is 13.6. The first-order chi connectivity index (χ1) is 17.6. The summed E-state index contributed by atoms with van der Waals surface area (Å²) >= 11 is 0. The SMILES string of the molecule is CO[C@@H]1CN(C)C(=O)c2ccc(NC(=O)CN(C)C)cc2OC[C@@H](C)N(C(=O)C2CCOCC2)C[C@H]1C. The van der Waals surface area contributed by atoms with E-state index in [-0.39, 0.29) is 54.9 Å². The van der Waals surface area contributed by atoms with Crippen LogP contribution in [0.1, 0.15) is 37.0 Å². The molecule has 3 atom stereocenters. The van der Waals surface area contributed by atoms with E-state index in [0.717, 1.165) is 0 Å². The van der Waals surface area contributed by atoms with Crippen molar-refractivity contribution in [1.82, 2.24) is 14.7 Å². The van der Waals surface area contributed by atoms with E-state index in [1.54, 1.807) is 42.2 Å². The predicted octanol–water partition coefficient (Wildman–Crippen LogP) is 1.95. The van der Waals surface area contributed by atoms with E-state index in [0.29, 0.717) is 56.1 Å². The summed E-state index contributed by atoms with van der Waals surface area (Å²) in [6.07, 6.45) is 1.17. The zero-order valence-electron chi connectivity index (χ0n) is 23.0. The minimum Gasteiger partial charge on any atom is -0.491 e. The largest absolute Gasteiger partial charge is 0.491 e. The van der Waals surface area contributed by atoms with Crippen LogP contribution in [0.2, 0.25) is 0 Å². The predicted molar refractivity (Wildman–Crippen MR) is 141 cm³/mol. The highest BCUT2D eigenvalue weighted by atomic mass is 16.5. The van der Waals surface area contributed by atoms with Gasteiger partial charge in [0.15, 0.2) is 0 Å². The Bertz CT molecular complexity index is 949. The summed E-state index contributed by atoms with van der Waals surface area (Å²) in [5, 5.41) is 2.86. The first-order valence-corrected chi connectivity index (χ1v) is 13.0. The van der Waals surface area contributed by atoms with Crippen molar-refractivity contribution in [2.45, 2.75) is 38.8 Å². The number of carbonyl (C=O) groups is 3. The number of anilines is 1. The summed E-state index contributed by atoms with van der Waals surface area (Å²) in [6, 6.07) is 4.82. The summed E-state index contributed by atoms with van der Waals surface area (Å²) in [6.45, 7) is 6.50. The van der Waals surface area contributed by atoms with Crippen molar-refractivity contribution < 1.29 is 28.6 Å². The molecular formula is C27H42N4O6. The number of nitrogens with one attached hydrogen (secondary N) is 1. The van der Waals surface area contributed by atoms with E-state index >= 15 is 0 Å². The molecule has 3 amide bonds. The van der Waals surface area contributed by atoms with Gasteiger partial charge in [-0.1, -0.05) is 6.92 Å². The van der Waals surface area contributed by atoms with Gasteiger partial charge in [-0.05, 0) is 46.0 Å². The molecule has 1 saturated heterocycles. The number of benzene rings is 1. The van der Waals surface area contributed by atoms with Crippen LogP contribution in [-0.4, -0.2) is 112 Å². The fourth-order valence-electron chi connectivity index (χ4n) is 4.82. The van der Waals surface area contributed by atoms with E-state index in [4.69, 9.17) is 14.2 Å². The molecule has 0 saturated carbocycles. The number of nitrogens with zero attached hydrogens (tertiary/aromatic N) is 3. The number of carbonyl (C=O) groups excluding carboxylic acids is 3. The van der Waals surface area contributed by atoms with Gasteiger partial charge in [-0.25, -0.2) is 0 Å². The van der Waals surface area contributed by atoms with Crippen molar-refractivity contribution in [2.75, 3.05) is 73.0 Å². The Labute approximate surface area is 220 Å². The van der Waals surface area contributed by atoms with Crippen molar-refractivity contribution in [3.05, 3.63) is 23.8 Å². The summed E-state index contributed by atoms with van der Waals surface area (Å²) in [5.41, 5.74) is 0.935. The zero-order valence-corrected chi connectivity index (χ0v) is 23.0. The number of rotatable bonds is 5. The number of methoxy groups -OCH3 is 1. The normalized spacial score (nSPS) is 24.1. The van der Waals surface area contributed by atoms with Crippen molar-refractivity contribution in [3.8, 4) is 5.75 Å². The Morgan fingerprint density at radius 2 is 1.86 bits per heavy atom. The van der Waals surface area contributed by atoms with Gasteiger partial charge >= 0.3 is 0 Å². The second kappa shape index (κ2) is 13.2. The molecule has 206 valence electrons. The molecule has 37 heavy (non-hydrogen) atoms. The number of hydrogen-bond donors (Lipinski definition) is 1. The Hall–Kier alpha value is -2.69. The van der Waals surface area contributed by atoms with Crippen LogP contribution >= 0.6 is 0 Å². The van der Waals surface area contributed by atoms with E-state index in [9.17, 15) is 14.4 Å². The Balaban J connectivity index is 1.92. The number of hydrogen-bond acceptors (Lipinski definition) is 7. The van der Waals surface area contributed by atoms with Crippen LogP contribution in [0, 0.1) is 11.8 Å². The number of fused-ring (bicyclic) bond motifs is 1. The quantitative estimate of drug-likeness (QED) is 0.636. The molecule has 0 spiro atoms. The molecule has 1 aromatic carbocycles. The van der Waals surface area contributed by atoms with E-state index < -0.39 is 0 Å². The average Bonchev–Trinajstić information content (AvgIpc) is 2.87.